The summed E-state index contributed by atoms with van der Waals surface area (Å²) >= 11 is 0. The minimum Gasteiger partial charge on any atom is -0.345 e. The number of imidazole rings is 1. The van der Waals surface area contributed by atoms with Crippen molar-refractivity contribution in [2.75, 3.05) is 13.1 Å². The molecule has 1 saturated heterocycles. The van der Waals surface area contributed by atoms with Gasteiger partial charge < -0.3 is 10.2 Å². The van der Waals surface area contributed by atoms with Gasteiger partial charge in [-0.1, -0.05) is 18.2 Å². The molecule has 1 N–H and O–H groups in total. The summed E-state index contributed by atoms with van der Waals surface area (Å²) in [7, 11) is 0. The predicted molar refractivity (Wildman–Crippen MR) is 97.9 cm³/mol. The Balaban J connectivity index is 1.60. The van der Waals surface area contributed by atoms with Crippen LogP contribution in [0.25, 0.3) is 5.52 Å². The van der Waals surface area contributed by atoms with E-state index in [-0.39, 0.29) is 30.0 Å². The highest BCUT2D eigenvalue weighted by Crippen LogP contribution is 2.18. The van der Waals surface area contributed by atoms with E-state index in [0.717, 1.165) is 31.5 Å². The van der Waals surface area contributed by atoms with E-state index < -0.39 is 0 Å². The Morgan fingerprint density at radius 1 is 1.07 bits per heavy atom. The first-order valence-corrected chi connectivity index (χ1v) is 8.92. The summed E-state index contributed by atoms with van der Waals surface area (Å²) in [4.78, 5) is 31.6. The Morgan fingerprint density at radius 2 is 1.81 bits per heavy atom. The summed E-state index contributed by atoms with van der Waals surface area (Å²) in [5.41, 5.74) is 1.68. The number of carbonyl (C=O) groups is 2. The summed E-state index contributed by atoms with van der Waals surface area (Å²) < 4.78 is 14.6. The normalized spacial score (nSPS) is 13.9. The number of hydrogen-bond acceptors (Lipinski definition) is 3. The van der Waals surface area contributed by atoms with Crippen LogP contribution < -0.4 is 5.32 Å². The van der Waals surface area contributed by atoms with E-state index in [1.54, 1.807) is 39.8 Å². The van der Waals surface area contributed by atoms with Gasteiger partial charge in [0.15, 0.2) is 5.69 Å². The largest absolute Gasteiger partial charge is 0.345 e. The lowest BCUT2D eigenvalue weighted by Crippen LogP contribution is -2.28. The van der Waals surface area contributed by atoms with Crippen LogP contribution >= 0.6 is 0 Å². The van der Waals surface area contributed by atoms with Crippen molar-refractivity contribution in [3.8, 4) is 0 Å². The summed E-state index contributed by atoms with van der Waals surface area (Å²) in [6.07, 6.45) is 3.70. The maximum Gasteiger partial charge on any atom is 0.287 e. The molecular formula is C20H19FN4O2. The van der Waals surface area contributed by atoms with Gasteiger partial charge in [-0.05, 0) is 42.7 Å². The molecule has 3 heterocycles. The topological polar surface area (TPSA) is 66.7 Å². The van der Waals surface area contributed by atoms with Crippen LogP contribution in [0.3, 0.4) is 0 Å². The van der Waals surface area contributed by atoms with E-state index in [9.17, 15) is 14.0 Å². The van der Waals surface area contributed by atoms with Gasteiger partial charge in [0.05, 0.1) is 5.52 Å². The third-order valence-electron chi connectivity index (χ3n) is 4.71. The predicted octanol–water partition coefficient (Wildman–Crippen LogP) is 2.64. The first kappa shape index (κ1) is 17.2. The van der Waals surface area contributed by atoms with Crippen LogP contribution in [0.5, 0.6) is 0 Å². The summed E-state index contributed by atoms with van der Waals surface area (Å²) in [6.45, 7) is 1.68. The van der Waals surface area contributed by atoms with Crippen LogP contribution in [-0.2, 0) is 6.54 Å². The van der Waals surface area contributed by atoms with Gasteiger partial charge in [0.1, 0.15) is 5.82 Å². The number of carbonyl (C=O) groups excluding carboxylic acids is 2. The molecule has 0 unspecified atom stereocenters. The van der Waals surface area contributed by atoms with E-state index >= 15 is 0 Å². The summed E-state index contributed by atoms with van der Waals surface area (Å²) in [6, 6.07) is 11.3. The van der Waals surface area contributed by atoms with Gasteiger partial charge in [0.25, 0.3) is 11.8 Å². The smallest absolute Gasteiger partial charge is 0.287 e. The number of fused-ring (bicyclic) bond motifs is 1. The third kappa shape index (κ3) is 3.40. The van der Waals surface area contributed by atoms with Crippen molar-refractivity contribution in [3.63, 3.8) is 0 Å². The molecule has 0 atom stereocenters. The molecule has 1 fully saturated rings. The minimum atomic E-state index is -0.388. The highest BCUT2D eigenvalue weighted by molar-refractivity contribution is 6.02. The number of benzene rings is 1. The molecule has 1 aliphatic heterocycles. The average Bonchev–Trinajstić information content (AvgIpc) is 3.35. The van der Waals surface area contributed by atoms with Crippen LogP contribution in [0, 0.1) is 5.82 Å². The zero-order valence-corrected chi connectivity index (χ0v) is 14.7. The second-order valence-electron chi connectivity index (χ2n) is 6.55. The maximum atomic E-state index is 13.0. The molecule has 2 amide bonds. The molecule has 4 rings (SSSR count). The Kier molecular flexibility index (Phi) is 4.58. The lowest BCUT2D eigenvalue weighted by atomic mass is 10.2. The van der Waals surface area contributed by atoms with Gasteiger partial charge in [-0.15, -0.1) is 0 Å². The quantitative estimate of drug-likeness (QED) is 0.772. The highest BCUT2D eigenvalue weighted by Gasteiger charge is 2.26. The number of hydrogen-bond donors (Lipinski definition) is 1. The van der Waals surface area contributed by atoms with Gasteiger partial charge in [-0.25, -0.2) is 9.37 Å². The second kappa shape index (κ2) is 7.19. The molecule has 138 valence electrons. The van der Waals surface area contributed by atoms with Gasteiger partial charge in [0.2, 0.25) is 5.82 Å². The van der Waals surface area contributed by atoms with Crippen LogP contribution in [-0.4, -0.2) is 39.2 Å². The van der Waals surface area contributed by atoms with Gasteiger partial charge in [0, 0.05) is 25.8 Å². The van der Waals surface area contributed by atoms with Crippen molar-refractivity contribution in [2.45, 2.75) is 19.4 Å². The standard InChI is InChI=1S/C20H19FN4O2/c21-15-8-6-14(7-9-15)13-22-19(26)18-23-17(16-5-1-2-12-25(16)18)20(27)24-10-3-4-11-24/h1-2,5-9,12H,3-4,10-11,13H2,(H,22,26). The number of halogens is 1. The molecule has 0 bridgehead atoms. The number of nitrogens with zero attached hydrogens (tertiary/aromatic N) is 3. The molecule has 0 saturated carbocycles. The van der Waals surface area contributed by atoms with Crippen molar-refractivity contribution < 1.29 is 14.0 Å². The number of amides is 2. The Labute approximate surface area is 155 Å². The van der Waals surface area contributed by atoms with Crippen molar-refractivity contribution in [2.24, 2.45) is 0 Å². The van der Waals surface area contributed by atoms with Crippen molar-refractivity contribution in [3.05, 3.63) is 71.6 Å². The van der Waals surface area contributed by atoms with Crippen LogP contribution in [0.1, 0.15) is 39.5 Å². The summed E-state index contributed by atoms with van der Waals surface area (Å²) in [5, 5.41) is 2.78. The van der Waals surface area contributed by atoms with E-state index in [2.05, 4.69) is 10.3 Å². The lowest BCUT2D eigenvalue weighted by Gasteiger charge is -2.13. The zero-order chi connectivity index (χ0) is 18.8. The second-order valence-corrected chi connectivity index (χ2v) is 6.55. The van der Waals surface area contributed by atoms with Crippen molar-refractivity contribution >= 4 is 17.3 Å². The molecule has 0 radical (unpaired) electrons. The molecule has 1 aromatic carbocycles. The first-order chi connectivity index (χ1) is 13.1. The average molecular weight is 366 g/mol. The number of nitrogens with one attached hydrogen (secondary N) is 1. The molecule has 1 aliphatic rings. The van der Waals surface area contributed by atoms with Crippen LogP contribution in [0.2, 0.25) is 0 Å². The van der Waals surface area contributed by atoms with E-state index in [0.29, 0.717) is 11.2 Å². The lowest BCUT2D eigenvalue weighted by molar-refractivity contribution is 0.0789. The van der Waals surface area contributed by atoms with E-state index in [1.165, 1.54) is 12.1 Å². The van der Waals surface area contributed by atoms with Crippen molar-refractivity contribution in [1.29, 1.82) is 0 Å². The molecule has 6 nitrogen and oxygen atoms in total. The van der Waals surface area contributed by atoms with Gasteiger partial charge in [-0.3, -0.25) is 14.0 Å². The first-order valence-electron chi connectivity index (χ1n) is 8.92. The third-order valence-corrected chi connectivity index (χ3v) is 4.71. The number of likely N-dealkylation sites (tertiary alicyclic amines) is 1. The van der Waals surface area contributed by atoms with E-state index in [4.69, 9.17) is 0 Å². The zero-order valence-electron chi connectivity index (χ0n) is 14.7. The Morgan fingerprint density at radius 3 is 2.56 bits per heavy atom. The fourth-order valence-corrected chi connectivity index (χ4v) is 3.29. The molecule has 27 heavy (non-hydrogen) atoms. The molecular weight excluding hydrogens is 347 g/mol. The fourth-order valence-electron chi connectivity index (χ4n) is 3.29. The number of rotatable bonds is 4. The van der Waals surface area contributed by atoms with Crippen LogP contribution in [0.15, 0.2) is 48.7 Å². The number of pyridine rings is 1. The molecule has 0 spiro atoms. The monoisotopic (exact) mass is 366 g/mol. The SMILES string of the molecule is O=C(NCc1ccc(F)cc1)c1nc(C(=O)N2CCCC2)c2ccccn12. The minimum absolute atomic E-state index is 0.145. The summed E-state index contributed by atoms with van der Waals surface area (Å²) in [5.74, 6) is -0.695. The maximum absolute atomic E-state index is 13.0. The molecule has 7 heteroatoms. The molecule has 3 aromatic rings. The Hall–Kier alpha value is -3.22. The molecule has 2 aromatic heterocycles. The van der Waals surface area contributed by atoms with Gasteiger partial charge in [-0.2, -0.15) is 0 Å². The number of aromatic nitrogens is 2. The highest BCUT2D eigenvalue weighted by atomic mass is 19.1. The van der Waals surface area contributed by atoms with Gasteiger partial charge >= 0.3 is 0 Å². The fraction of sp³-hybridized carbons (Fsp3) is 0.250. The van der Waals surface area contributed by atoms with Crippen molar-refractivity contribution in [1.82, 2.24) is 19.6 Å². The van der Waals surface area contributed by atoms with E-state index in [1.807, 2.05) is 6.07 Å². The molecule has 0 aliphatic carbocycles. The Bertz CT molecular complexity index is 991. The van der Waals surface area contributed by atoms with Crippen LogP contribution in [0.4, 0.5) is 4.39 Å².